The molecule has 4 heteroatoms. The highest BCUT2D eigenvalue weighted by atomic mass is 35.7. The third kappa shape index (κ3) is 4.40. The second-order valence-electron chi connectivity index (χ2n) is 6.46. The average molecular weight is 352 g/mol. The van der Waals surface area contributed by atoms with Crippen LogP contribution in [0, 0.1) is 13.8 Å². The predicted molar refractivity (Wildman–Crippen MR) is 101 cm³/mol. The first-order valence-electron chi connectivity index (χ1n) is 7.87. The molecule has 0 aliphatic carbocycles. The van der Waals surface area contributed by atoms with Gasteiger partial charge in [0.05, 0.1) is 0 Å². The number of hydrogen-bond acceptors (Lipinski definition) is 2. The van der Waals surface area contributed by atoms with Crippen molar-refractivity contribution in [3.8, 4) is 11.5 Å². The molecule has 0 atom stereocenters. The fourth-order valence-electron chi connectivity index (χ4n) is 2.07. The van der Waals surface area contributed by atoms with Crippen molar-refractivity contribution in [3.05, 3.63) is 59.7 Å². The molecule has 0 spiro atoms. The van der Waals surface area contributed by atoms with Crippen LogP contribution in [0.3, 0.4) is 0 Å². The van der Waals surface area contributed by atoms with Gasteiger partial charge in [-0.1, -0.05) is 31.2 Å². The summed E-state index contributed by atoms with van der Waals surface area (Å²) in [7, 11) is -2.68. The molecule has 2 aromatic rings. The lowest BCUT2D eigenvalue weighted by Crippen LogP contribution is -2.27. The molecule has 0 amide bonds. The van der Waals surface area contributed by atoms with E-state index < -0.39 is 7.07 Å². The van der Waals surface area contributed by atoms with E-state index in [-0.39, 0.29) is 5.16 Å². The van der Waals surface area contributed by atoms with Gasteiger partial charge in [-0.3, -0.25) is 9.05 Å². The van der Waals surface area contributed by atoms with E-state index in [1.54, 1.807) is 0 Å². The molecule has 0 aliphatic heterocycles. The molecule has 124 valence electrons. The Bertz CT molecular complexity index is 622. The van der Waals surface area contributed by atoms with Gasteiger partial charge in [0.15, 0.2) is 27.9 Å². The summed E-state index contributed by atoms with van der Waals surface area (Å²) >= 11 is 6.97. The number of aryl methyl sites for hydroxylation is 2. The van der Waals surface area contributed by atoms with Gasteiger partial charge in [-0.2, -0.15) is 0 Å². The van der Waals surface area contributed by atoms with Crippen molar-refractivity contribution in [1.82, 2.24) is 0 Å². The van der Waals surface area contributed by atoms with Crippen LogP contribution in [-0.2, 0) is 0 Å². The van der Waals surface area contributed by atoms with E-state index in [2.05, 4.69) is 20.8 Å². The highest BCUT2D eigenvalue weighted by Crippen LogP contribution is 2.74. The van der Waals surface area contributed by atoms with Crippen LogP contribution in [0.1, 0.15) is 38.3 Å². The summed E-state index contributed by atoms with van der Waals surface area (Å²) in [6, 6.07) is 15.8. The third-order valence-electron chi connectivity index (χ3n) is 4.01. The van der Waals surface area contributed by atoms with Gasteiger partial charge in [-0.15, -0.1) is 0 Å². The minimum Gasteiger partial charge on any atom is -0.290 e. The van der Waals surface area contributed by atoms with Crippen LogP contribution in [0.25, 0.3) is 0 Å². The first kappa shape index (κ1) is 18.1. The molecule has 0 N–H and O–H groups in total. The van der Waals surface area contributed by atoms with Crippen LogP contribution in [-0.4, -0.2) is 5.16 Å². The maximum Gasteiger partial charge on any atom is 0.464 e. The van der Waals surface area contributed by atoms with E-state index in [0.717, 1.165) is 29.0 Å². The standard InChI is InChI=1S/C19H25ClO2P/c1-6-19(4,5)23(20,21-17-11-7-9-15(2)13-17)22-18-12-8-10-16(3)14-18/h7-14H,6H2,1-5H3/q+1. The number of benzene rings is 2. The molecule has 0 aromatic heterocycles. The number of hydrogen-bond donors (Lipinski definition) is 0. The number of halogens is 1. The Kier molecular flexibility index (Phi) is 5.60. The second kappa shape index (κ2) is 7.11. The maximum atomic E-state index is 6.97. The van der Waals surface area contributed by atoms with Crippen molar-refractivity contribution in [3.63, 3.8) is 0 Å². The van der Waals surface area contributed by atoms with E-state index in [9.17, 15) is 0 Å². The summed E-state index contributed by atoms with van der Waals surface area (Å²) in [5.74, 6) is 1.50. The SMILES string of the molecule is CCC(C)(C)[P+](Cl)(Oc1cccc(C)c1)Oc1cccc(C)c1. The molecular formula is C19H25ClO2P+. The highest BCUT2D eigenvalue weighted by molar-refractivity contribution is 7.93. The van der Waals surface area contributed by atoms with Gasteiger partial charge in [-0.25, -0.2) is 0 Å². The van der Waals surface area contributed by atoms with Gasteiger partial charge < -0.3 is 0 Å². The van der Waals surface area contributed by atoms with E-state index in [1.165, 1.54) is 0 Å². The third-order valence-corrected chi connectivity index (χ3v) is 8.45. The molecule has 0 aliphatic rings. The van der Waals surface area contributed by atoms with Crippen LogP contribution in [0.2, 0.25) is 0 Å². The summed E-state index contributed by atoms with van der Waals surface area (Å²) in [4.78, 5) is 0. The zero-order valence-corrected chi connectivity index (χ0v) is 16.1. The minimum atomic E-state index is -2.68. The largest absolute Gasteiger partial charge is 0.464 e. The Morgan fingerprint density at radius 2 is 1.35 bits per heavy atom. The van der Waals surface area contributed by atoms with Crippen LogP contribution < -0.4 is 9.05 Å². The Balaban J connectivity index is 2.36. The molecule has 2 rings (SSSR count). The van der Waals surface area contributed by atoms with Gasteiger partial charge in [0.2, 0.25) is 0 Å². The van der Waals surface area contributed by atoms with Gasteiger partial charge in [0.25, 0.3) is 0 Å². The molecule has 0 fully saturated rings. The summed E-state index contributed by atoms with van der Waals surface area (Å²) in [6.07, 6.45) is 0.863. The molecule has 0 saturated carbocycles. The Hall–Kier alpha value is -1.24. The van der Waals surface area contributed by atoms with Crippen molar-refractivity contribution < 1.29 is 9.05 Å². The van der Waals surface area contributed by atoms with Gasteiger partial charge >= 0.3 is 7.07 Å². The normalized spacial score (nSPS) is 12.1. The van der Waals surface area contributed by atoms with Crippen LogP contribution >= 0.6 is 18.3 Å². The van der Waals surface area contributed by atoms with Crippen molar-refractivity contribution in [2.24, 2.45) is 0 Å². The Morgan fingerprint density at radius 3 is 1.70 bits per heavy atom. The van der Waals surface area contributed by atoms with Crippen molar-refractivity contribution >= 4 is 18.3 Å². The van der Waals surface area contributed by atoms with E-state index >= 15 is 0 Å². The first-order chi connectivity index (χ1) is 10.8. The lowest BCUT2D eigenvalue weighted by atomic mass is 10.1. The first-order valence-corrected chi connectivity index (χ1v) is 10.4. The molecule has 0 heterocycles. The minimum absolute atomic E-state index is 0.276. The van der Waals surface area contributed by atoms with Crippen LogP contribution in [0.5, 0.6) is 11.5 Å². The molecule has 2 nitrogen and oxygen atoms in total. The molecule has 2 aromatic carbocycles. The molecule has 23 heavy (non-hydrogen) atoms. The van der Waals surface area contributed by atoms with Crippen LogP contribution in [0.15, 0.2) is 48.5 Å². The Labute approximate surface area is 145 Å². The molecule has 0 radical (unpaired) electrons. The molecule has 0 bridgehead atoms. The predicted octanol–water partition coefficient (Wildman–Crippen LogP) is 6.95. The lowest BCUT2D eigenvalue weighted by Gasteiger charge is -2.30. The molecular weight excluding hydrogens is 327 g/mol. The Morgan fingerprint density at radius 1 is 0.913 bits per heavy atom. The van der Waals surface area contributed by atoms with E-state index in [0.29, 0.717) is 0 Å². The van der Waals surface area contributed by atoms with Crippen molar-refractivity contribution in [2.75, 3.05) is 0 Å². The van der Waals surface area contributed by atoms with Crippen LogP contribution in [0.4, 0.5) is 0 Å². The quantitative estimate of drug-likeness (QED) is 0.524. The van der Waals surface area contributed by atoms with Gasteiger partial charge in [-0.05, 0) is 69.5 Å². The second-order valence-corrected chi connectivity index (χ2v) is 10.3. The average Bonchev–Trinajstić information content (AvgIpc) is 2.47. The zero-order chi connectivity index (χ0) is 17.1. The number of rotatable bonds is 6. The van der Waals surface area contributed by atoms with Gasteiger partial charge in [0, 0.05) is 0 Å². The van der Waals surface area contributed by atoms with Crippen molar-refractivity contribution in [2.45, 2.75) is 46.2 Å². The highest BCUT2D eigenvalue weighted by Gasteiger charge is 2.59. The summed E-state index contributed by atoms with van der Waals surface area (Å²) in [5, 5.41) is -0.276. The summed E-state index contributed by atoms with van der Waals surface area (Å²) in [5.41, 5.74) is 2.27. The van der Waals surface area contributed by atoms with Gasteiger partial charge in [0.1, 0.15) is 0 Å². The molecule has 0 unspecified atom stereocenters. The fourth-order valence-corrected chi connectivity index (χ4v) is 4.59. The molecule has 0 saturated heterocycles. The van der Waals surface area contributed by atoms with E-state index in [1.807, 2.05) is 62.4 Å². The lowest BCUT2D eigenvalue weighted by molar-refractivity contribution is 0.431. The fraction of sp³-hybridized carbons (Fsp3) is 0.368. The summed E-state index contributed by atoms with van der Waals surface area (Å²) in [6.45, 7) is 10.4. The van der Waals surface area contributed by atoms with Crippen molar-refractivity contribution in [1.29, 1.82) is 0 Å². The zero-order valence-electron chi connectivity index (χ0n) is 14.5. The van der Waals surface area contributed by atoms with E-state index in [4.69, 9.17) is 20.3 Å². The topological polar surface area (TPSA) is 18.5 Å². The maximum absolute atomic E-state index is 6.97. The monoisotopic (exact) mass is 351 g/mol. The smallest absolute Gasteiger partial charge is 0.290 e. The summed E-state index contributed by atoms with van der Waals surface area (Å²) < 4.78 is 12.5.